The van der Waals surface area contributed by atoms with Gasteiger partial charge in [-0.05, 0) is 23.9 Å². The monoisotopic (exact) mass is 220 g/mol. The van der Waals surface area contributed by atoms with Gasteiger partial charge in [-0.25, -0.2) is 0 Å². The second kappa shape index (κ2) is 4.31. The van der Waals surface area contributed by atoms with Crippen molar-refractivity contribution in [1.29, 1.82) is 0 Å². The summed E-state index contributed by atoms with van der Waals surface area (Å²) in [5.41, 5.74) is 6.25. The molecule has 2 heterocycles. The first-order chi connectivity index (χ1) is 7.25. The molecule has 0 aromatic carbocycles. The maximum absolute atomic E-state index is 11.4. The molecular weight excluding hydrogens is 208 g/mol. The van der Waals surface area contributed by atoms with E-state index in [1.807, 2.05) is 11.4 Å². The largest absolute Gasteiger partial charge is 0.398 e. The van der Waals surface area contributed by atoms with Crippen molar-refractivity contribution in [2.24, 2.45) is 0 Å². The van der Waals surface area contributed by atoms with Crippen molar-refractivity contribution in [2.75, 3.05) is 5.73 Å². The van der Waals surface area contributed by atoms with E-state index in [4.69, 9.17) is 5.73 Å². The lowest BCUT2D eigenvalue weighted by Crippen LogP contribution is -2.19. The summed E-state index contributed by atoms with van der Waals surface area (Å²) in [5, 5.41) is 2.04. The molecule has 0 radical (unpaired) electrons. The number of hydrogen-bond donors (Lipinski definition) is 1. The Morgan fingerprint density at radius 1 is 1.33 bits per heavy atom. The van der Waals surface area contributed by atoms with E-state index >= 15 is 0 Å². The average Bonchev–Trinajstić information content (AvgIpc) is 2.72. The SMILES string of the molecule is Nc1ccc(=O)n(CCc2cccs2)c1. The van der Waals surface area contributed by atoms with Gasteiger partial charge in [-0.2, -0.15) is 0 Å². The summed E-state index contributed by atoms with van der Waals surface area (Å²) < 4.78 is 1.65. The molecular formula is C11H12N2OS. The van der Waals surface area contributed by atoms with Gasteiger partial charge in [0.05, 0.1) is 0 Å². The summed E-state index contributed by atoms with van der Waals surface area (Å²) in [6.45, 7) is 0.685. The van der Waals surface area contributed by atoms with Gasteiger partial charge in [-0.1, -0.05) is 6.07 Å². The lowest BCUT2D eigenvalue weighted by atomic mass is 10.3. The van der Waals surface area contributed by atoms with Gasteiger partial charge in [0.2, 0.25) is 0 Å². The van der Waals surface area contributed by atoms with Crippen molar-refractivity contribution in [3.05, 3.63) is 51.1 Å². The number of nitrogens with two attached hydrogens (primary N) is 1. The Kier molecular flexibility index (Phi) is 2.87. The fourth-order valence-corrected chi connectivity index (χ4v) is 2.11. The molecule has 3 nitrogen and oxygen atoms in total. The number of aryl methyl sites for hydroxylation is 2. The zero-order chi connectivity index (χ0) is 10.7. The Morgan fingerprint density at radius 3 is 2.93 bits per heavy atom. The highest BCUT2D eigenvalue weighted by Crippen LogP contribution is 2.09. The first-order valence-electron chi connectivity index (χ1n) is 4.74. The summed E-state index contributed by atoms with van der Waals surface area (Å²) in [5.74, 6) is 0. The maximum atomic E-state index is 11.4. The van der Waals surface area contributed by atoms with Gasteiger partial charge < -0.3 is 10.3 Å². The molecule has 0 aliphatic rings. The first kappa shape index (κ1) is 9.98. The zero-order valence-electron chi connectivity index (χ0n) is 8.22. The molecule has 0 spiro atoms. The number of anilines is 1. The topological polar surface area (TPSA) is 48.0 Å². The van der Waals surface area contributed by atoms with E-state index in [0.29, 0.717) is 12.2 Å². The molecule has 2 rings (SSSR count). The van der Waals surface area contributed by atoms with Crippen molar-refractivity contribution in [3.8, 4) is 0 Å². The van der Waals surface area contributed by atoms with Crippen LogP contribution in [0.5, 0.6) is 0 Å². The molecule has 4 heteroatoms. The highest BCUT2D eigenvalue weighted by atomic mass is 32.1. The number of rotatable bonds is 3. The minimum Gasteiger partial charge on any atom is -0.398 e. The summed E-state index contributed by atoms with van der Waals surface area (Å²) in [6, 6.07) is 7.22. The van der Waals surface area contributed by atoms with Crippen molar-refractivity contribution >= 4 is 17.0 Å². The van der Waals surface area contributed by atoms with E-state index in [-0.39, 0.29) is 5.56 Å². The second-order valence-corrected chi connectivity index (χ2v) is 4.36. The van der Waals surface area contributed by atoms with Gasteiger partial charge in [0.1, 0.15) is 0 Å². The highest BCUT2D eigenvalue weighted by molar-refractivity contribution is 7.09. The van der Waals surface area contributed by atoms with Crippen LogP contribution in [0.1, 0.15) is 4.88 Å². The molecule has 2 N–H and O–H groups in total. The number of hydrogen-bond acceptors (Lipinski definition) is 3. The minimum absolute atomic E-state index is 0.000700. The lowest BCUT2D eigenvalue weighted by molar-refractivity contribution is 0.676. The quantitative estimate of drug-likeness (QED) is 0.856. The summed E-state index contributed by atoms with van der Waals surface area (Å²) in [6.07, 6.45) is 2.57. The molecule has 0 bridgehead atoms. The predicted molar refractivity (Wildman–Crippen MR) is 63.1 cm³/mol. The number of aromatic nitrogens is 1. The molecule has 0 saturated heterocycles. The smallest absolute Gasteiger partial charge is 0.250 e. The maximum Gasteiger partial charge on any atom is 0.250 e. The Balaban J connectivity index is 2.11. The molecule has 0 aliphatic heterocycles. The summed E-state index contributed by atoms with van der Waals surface area (Å²) in [4.78, 5) is 12.7. The van der Waals surface area contributed by atoms with Gasteiger partial charge in [-0.3, -0.25) is 4.79 Å². The Bertz CT molecular complexity index is 488. The third-order valence-corrected chi connectivity index (χ3v) is 3.12. The van der Waals surface area contributed by atoms with Gasteiger partial charge >= 0.3 is 0 Å². The first-order valence-corrected chi connectivity index (χ1v) is 5.62. The fourth-order valence-electron chi connectivity index (χ4n) is 1.41. The molecule has 0 atom stereocenters. The lowest BCUT2D eigenvalue weighted by Gasteiger charge is -2.04. The highest BCUT2D eigenvalue weighted by Gasteiger charge is 1.98. The van der Waals surface area contributed by atoms with Crippen LogP contribution in [0, 0.1) is 0 Å². The molecule has 0 aliphatic carbocycles. The van der Waals surface area contributed by atoms with Gasteiger partial charge in [0, 0.05) is 29.4 Å². The second-order valence-electron chi connectivity index (χ2n) is 3.32. The number of nitrogen functional groups attached to an aromatic ring is 1. The van der Waals surface area contributed by atoms with E-state index in [1.165, 1.54) is 10.9 Å². The van der Waals surface area contributed by atoms with E-state index in [2.05, 4.69) is 6.07 Å². The molecule has 0 unspecified atom stereocenters. The molecule has 0 amide bonds. The van der Waals surface area contributed by atoms with E-state index in [0.717, 1.165) is 6.42 Å². The number of nitrogens with zero attached hydrogens (tertiary/aromatic N) is 1. The molecule has 0 fully saturated rings. The van der Waals surface area contributed by atoms with Crippen LogP contribution in [0.15, 0.2) is 40.6 Å². The third-order valence-electron chi connectivity index (χ3n) is 2.19. The van der Waals surface area contributed by atoms with Gasteiger partial charge in [0.15, 0.2) is 0 Å². The van der Waals surface area contributed by atoms with Gasteiger partial charge in [-0.15, -0.1) is 11.3 Å². The van der Waals surface area contributed by atoms with Crippen molar-refractivity contribution in [2.45, 2.75) is 13.0 Å². The Morgan fingerprint density at radius 2 is 2.20 bits per heavy atom. The van der Waals surface area contributed by atoms with Crippen LogP contribution < -0.4 is 11.3 Å². The average molecular weight is 220 g/mol. The van der Waals surface area contributed by atoms with Crippen molar-refractivity contribution in [3.63, 3.8) is 0 Å². The van der Waals surface area contributed by atoms with Crippen LogP contribution in [0.4, 0.5) is 5.69 Å². The Hall–Kier alpha value is -1.55. The Labute approximate surface area is 91.8 Å². The molecule has 0 saturated carbocycles. The van der Waals surface area contributed by atoms with Crippen LogP contribution in [-0.2, 0) is 13.0 Å². The summed E-state index contributed by atoms with van der Waals surface area (Å²) >= 11 is 1.71. The molecule has 2 aromatic heterocycles. The predicted octanol–water partition coefficient (Wildman–Crippen LogP) is 1.73. The zero-order valence-corrected chi connectivity index (χ0v) is 9.04. The standard InChI is InChI=1S/C11H12N2OS/c12-9-3-4-11(14)13(8-9)6-5-10-2-1-7-15-10/h1-4,7-8H,5-6,12H2. The normalized spacial score (nSPS) is 10.4. The van der Waals surface area contributed by atoms with Crippen LogP contribution in [0.3, 0.4) is 0 Å². The van der Waals surface area contributed by atoms with Crippen molar-refractivity contribution < 1.29 is 0 Å². The molecule has 15 heavy (non-hydrogen) atoms. The van der Waals surface area contributed by atoms with E-state index in [1.54, 1.807) is 28.2 Å². The van der Waals surface area contributed by atoms with Crippen molar-refractivity contribution in [1.82, 2.24) is 4.57 Å². The van der Waals surface area contributed by atoms with E-state index in [9.17, 15) is 4.79 Å². The number of pyridine rings is 1. The minimum atomic E-state index is 0.000700. The van der Waals surface area contributed by atoms with Crippen LogP contribution >= 0.6 is 11.3 Å². The number of thiophene rings is 1. The van der Waals surface area contributed by atoms with Crippen LogP contribution in [0.25, 0.3) is 0 Å². The third kappa shape index (κ3) is 2.47. The molecule has 2 aromatic rings. The van der Waals surface area contributed by atoms with Gasteiger partial charge in [0.25, 0.3) is 5.56 Å². The van der Waals surface area contributed by atoms with E-state index < -0.39 is 0 Å². The fraction of sp³-hybridized carbons (Fsp3) is 0.182. The van der Waals surface area contributed by atoms with Crippen LogP contribution in [0.2, 0.25) is 0 Å². The van der Waals surface area contributed by atoms with Crippen LogP contribution in [-0.4, -0.2) is 4.57 Å². The summed E-state index contributed by atoms with van der Waals surface area (Å²) in [7, 11) is 0. The molecule has 78 valence electrons.